The lowest BCUT2D eigenvalue weighted by atomic mass is 10.2. The van der Waals surface area contributed by atoms with Crippen molar-refractivity contribution >= 4 is 32.4 Å². The monoisotopic (exact) mass is 346 g/mol. The Morgan fingerprint density at radius 1 is 1.39 bits per heavy atom. The van der Waals surface area contributed by atoms with Crippen LogP contribution in [-0.2, 0) is 0 Å². The Morgan fingerprint density at radius 2 is 2.17 bits per heavy atom. The van der Waals surface area contributed by atoms with Crippen LogP contribution >= 0.6 is 11.3 Å². The van der Waals surface area contributed by atoms with Crippen LogP contribution in [0.15, 0.2) is 18.2 Å². The van der Waals surface area contributed by atoms with Gasteiger partial charge in [-0.3, -0.25) is 10.1 Å². The molecule has 3 rings (SSSR count). The molecule has 124 valence electrons. The number of fused-ring (bicyclic) bond motifs is 1. The van der Waals surface area contributed by atoms with Crippen molar-refractivity contribution in [1.29, 1.82) is 0 Å². The van der Waals surface area contributed by atoms with Crippen LogP contribution in [0.2, 0.25) is 0 Å². The molecule has 0 bridgehead atoms. The maximum absolute atomic E-state index is 12.8. The molecule has 0 radical (unpaired) electrons. The van der Waals surface area contributed by atoms with Crippen LogP contribution in [0.3, 0.4) is 0 Å². The highest BCUT2D eigenvalue weighted by Gasteiger charge is 2.40. The number of hydrogen-bond donors (Lipinski definition) is 1. The molecule has 1 atom stereocenters. The SMILES string of the molecule is O=[N+]([O-])c1ccc2nc(N3CCN[C@H](C(F)(F)F)CC3)sc2c1. The van der Waals surface area contributed by atoms with Gasteiger partial charge in [-0.2, -0.15) is 13.2 Å². The summed E-state index contributed by atoms with van der Waals surface area (Å²) in [5, 5.41) is 13.9. The van der Waals surface area contributed by atoms with E-state index in [9.17, 15) is 23.3 Å². The summed E-state index contributed by atoms with van der Waals surface area (Å²) in [7, 11) is 0. The van der Waals surface area contributed by atoms with Crippen molar-refractivity contribution in [3.63, 3.8) is 0 Å². The first-order chi connectivity index (χ1) is 10.8. The zero-order valence-electron chi connectivity index (χ0n) is 11.8. The minimum absolute atomic E-state index is 0.0256. The maximum Gasteiger partial charge on any atom is 0.403 e. The molecule has 1 N–H and O–H groups in total. The Labute approximate surface area is 133 Å². The third-order valence-electron chi connectivity index (χ3n) is 3.70. The minimum atomic E-state index is -4.26. The van der Waals surface area contributed by atoms with E-state index >= 15 is 0 Å². The molecule has 0 spiro atoms. The standard InChI is InChI=1S/C13H13F3N4O2S/c14-13(15,16)11-3-5-19(6-4-17-11)12-18-9-2-1-8(20(21)22)7-10(9)23-12/h1-2,7,11,17H,3-6H2/t11-/m0/s1. The van der Waals surface area contributed by atoms with Crippen molar-refractivity contribution in [3.8, 4) is 0 Å². The number of thiazole rings is 1. The number of nitro benzene ring substituents is 1. The first-order valence-corrected chi connectivity index (χ1v) is 7.76. The molecule has 0 aliphatic carbocycles. The molecule has 1 aliphatic heterocycles. The molecule has 6 nitrogen and oxygen atoms in total. The molecule has 0 unspecified atom stereocenters. The van der Waals surface area contributed by atoms with Crippen molar-refractivity contribution in [2.24, 2.45) is 0 Å². The average Bonchev–Trinajstić information content (AvgIpc) is 2.72. The van der Waals surface area contributed by atoms with Gasteiger partial charge in [0.2, 0.25) is 0 Å². The predicted octanol–water partition coefficient (Wildman–Crippen LogP) is 2.94. The summed E-state index contributed by atoms with van der Waals surface area (Å²) in [6.45, 7) is 0.855. The van der Waals surface area contributed by atoms with Crippen LogP contribution in [-0.4, -0.2) is 41.8 Å². The van der Waals surface area contributed by atoms with Crippen molar-refractivity contribution < 1.29 is 18.1 Å². The van der Waals surface area contributed by atoms with Gasteiger partial charge in [-0.25, -0.2) is 4.98 Å². The fraction of sp³-hybridized carbons (Fsp3) is 0.462. The van der Waals surface area contributed by atoms with Gasteiger partial charge in [-0.1, -0.05) is 11.3 Å². The van der Waals surface area contributed by atoms with E-state index in [0.29, 0.717) is 21.9 Å². The smallest absolute Gasteiger partial charge is 0.347 e. The first-order valence-electron chi connectivity index (χ1n) is 6.94. The Balaban J connectivity index is 1.81. The maximum atomic E-state index is 12.8. The fourth-order valence-corrected chi connectivity index (χ4v) is 3.54. The molecule has 1 aromatic heterocycles. The third kappa shape index (κ3) is 3.37. The molecule has 1 fully saturated rings. The summed E-state index contributed by atoms with van der Waals surface area (Å²) >= 11 is 1.25. The van der Waals surface area contributed by atoms with Crippen LogP contribution < -0.4 is 10.2 Å². The van der Waals surface area contributed by atoms with Crippen LogP contribution in [0, 0.1) is 10.1 Å². The van der Waals surface area contributed by atoms with Crippen molar-refractivity contribution in [3.05, 3.63) is 28.3 Å². The number of anilines is 1. The van der Waals surface area contributed by atoms with Crippen LogP contribution in [0.25, 0.3) is 10.2 Å². The fourth-order valence-electron chi connectivity index (χ4n) is 2.49. The van der Waals surface area contributed by atoms with E-state index in [-0.39, 0.29) is 25.2 Å². The van der Waals surface area contributed by atoms with Gasteiger partial charge in [0.15, 0.2) is 5.13 Å². The number of nitrogens with one attached hydrogen (secondary N) is 1. The highest BCUT2D eigenvalue weighted by molar-refractivity contribution is 7.22. The number of aromatic nitrogens is 1. The van der Waals surface area contributed by atoms with E-state index in [2.05, 4.69) is 10.3 Å². The summed E-state index contributed by atoms with van der Waals surface area (Å²) in [5.41, 5.74) is 0.586. The number of non-ortho nitro benzene ring substituents is 1. The van der Waals surface area contributed by atoms with E-state index in [1.165, 1.54) is 23.5 Å². The van der Waals surface area contributed by atoms with Gasteiger partial charge in [0.25, 0.3) is 5.69 Å². The summed E-state index contributed by atoms with van der Waals surface area (Å²) in [6, 6.07) is 2.85. The zero-order chi connectivity index (χ0) is 16.6. The molecule has 2 aromatic rings. The van der Waals surface area contributed by atoms with Crippen LogP contribution in [0.1, 0.15) is 6.42 Å². The molecule has 1 saturated heterocycles. The van der Waals surface area contributed by atoms with E-state index < -0.39 is 17.1 Å². The topological polar surface area (TPSA) is 71.3 Å². The van der Waals surface area contributed by atoms with Crippen LogP contribution in [0.4, 0.5) is 24.0 Å². The predicted molar refractivity (Wildman–Crippen MR) is 81.0 cm³/mol. The normalized spacial score (nSPS) is 19.8. The molecule has 0 saturated carbocycles. The second-order valence-corrected chi connectivity index (χ2v) is 6.24. The quantitative estimate of drug-likeness (QED) is 0.669. The molecular formula is C13H13F3N4O2S. The minimum Gasteiger partial charge on any atom is -0.347 e. The van der Waals surface area contributed by atoms with Gasteiger partial charge in [0, 0.05) is 31.8 Å². The molecule has 10 heteroatoms. The highest BCUT2D eigenvalue weighted by atomic mass is 32.1. The number of alkyl halides is 3. The van der Waals surface area contributed by atoms with Gasteiger partial charge < -0.3 is 10.2 Å². The van der Waals surface area contributed by atoms with E-state index in [0.717, 1.165) is 0 Å². The first kappa shape index (κ1) is 15.9. The number of hydrogen-bond acceptors (Lipinski definition) is 6. The molecule has 23 heavy (non-hydrogen) atoms. The highest BCUT2D eigenvalue weighted by Crippen LogP contribution is 2.32. The van der Waals surface area contributed by atoms with Crippen LogP contribution in [0.5, 0.6) is 0 Å². The lowest BCUT2D eigenvalue weighted by molar-refractivity contribution is -0.384. The second-order valence-electron chi connectivity index (χ2n) is 5.23. The van der Waals surface area contributed by atoms with Crippen molar-refractivity contribution in [2.75, 3.05) is 24.5 Å². The number of benzene rings is 1. The number of rotatable bonds is 2. The number of nitrogens with zero attached hydrogens (tertiary/aromatic N) is 3. The lowest BCUT2D eigenvalue weighted by Crippen LogP contribution is -2.42. The van der Waals surface area contributed by atoms with Gasteiger partial charge >= 0.3 is 6.18 Å². The molecule has 0 amide bonds. The Kier molecular flexibility index (Phi) is 4.11. The summed E-state index contributed by atoms with van der Waals surface area (Å²) in [4.78, 5) is 16.5. The Bertz CT molecular complexity index is 734. The van der Waals surface area contributed by atoms with Gasteiger partial charge in [-0.05, 0) is 12.5 Å². The number of halogens is 3. The van der Waals surface area contributed by atoms with E-state index in [1.54, 1.807) is 11.0 Å². The summed E-state index contributed by atoms with van der Waals surface area (Å²) < 4.78 is 39.0. The third-order valence-corrected chi connectivity index (χ3v) is 4.78. The number of nitro groups is 1. The second kappa shape index (κ2) is 5.93. The van der Waals surface area contributed by atoms with Gasteiger partial charge in [0.05, 0.1) is 15.1 Å². The Morgan fingerprint density at radius 3 is 2.87 bits per heavy atom. The Hall–Kier alpha value is -1.94. The van der Waals surface area contributed by atoms with Gasteiger partial charge in [0.1, 0.15) is 6.04 Å². The zero-order valence-corrected chi connectivity index (χ0v) is 12.7. The van der Waals surface area contributed by atoms with Gasteiger partial charge in [-0.15, -0.1) is 0 Å². The van der Waals surface area contributed by atoms with Crippen molar-refractivity contribution in [2.45, 2.75) is 18.6 Å². The molecular weight excluding hydrogens is 333 g/mol. The van der Waals surface area contributed by atoms with E-state index in [4.69, 9.17) is 0 Å². The molecule has 2 heterocycles. The largest absolute Gasteiger partial charge is 0.403 e. The summed E-state index contributed by atoms with van der Waals surface area (Å²) in [5.74, 6) is 0. The molecule has 1 aromatic carbocycles. The summed E-state index contributed by atoms with van der Waals surface area (Å²) in [6.07, 6.45) is -4.32. The lowest BCUT2D eigenvalue weighted by Gasteiger charge is -2.20. The molecule has 1 aliphatic rings. The van der Waals surface area contributed by atoms with Crippen molar-refractivity contribution in [1.82, 2.24) is 10.3 Å². The average molecular weight is 346 g/mol. The van der Waals surface area contributed by atoms with E-state index in [1.807, 2.05) is 0 Å².